The zero-order valence-electron chi connectivity index (χ0n) is 17.5. The summed E-state index contributed by atoms with van der Waals surface area (Å²) in [6.07, 6.45) is 3.44. The smallest absolute Gasteiger partial charge is 0.191 e. The number of hydrogen-bond donors (Lipinski definition) is 0. The zero-order chi connectivity index (χ0) is 20.1. The largest absolute Gasteiger partial charge is 0.212 e. The maximum Gasteiger partial charge on any atom is 0.212 e. The lowest BCUT2D eigenvalue weighted by Crippen LogP contribution is -2.40. The summed E-state index contributed by atoms with van der Waals surface area (Å²) in [5.41, 5.74) is 5.70. The molecule has 4 aromatic rings. The van der Waals surface area contributed by atoms with Gasteiger partial charge in [0.15, 0.2) is 12.2 Å². The lowest BCUT2D eigenvalue weighted by Gasteiger charge is -2.25. The summed E-state index contributed by atoms with van der Waals surface area (Å²) in [7, 11) is 0. The second-order valence-electron chi connectivity index (χ2n) is 8.56. The Kier molecular flexibility index (Phi) is 5.76. The molecule has 1 nitrogen and oxygen atoms in total. The van der Waals surface area contributed by atoms with Gasteiger partial charge in [0.05, 0.1) is 0 Å². The Morgan fingerprint density at radius 2 is 1.34 bits per heavy atom. The summed E-state index contributed by atoms with van der Waals surface area (Å²) >= 11 is 0. The normalized spacial score (nSPS) is 11.7. The van der Waals surface area contributed by atoms with Crippen molar-refractivity contribution in [3.8, 4) is 0 Å². The quantitative estimate of drug-likeness (QED) is 0.323. The average Bonchev–Trinajstić information content (AvgIpc) is 2.76. The third-order valence-electron chi connectivity index (χ3n) is 6.00. The first-order chi connectivity index (χ1) is 14.1. The molecule has 0 unspecified atom stereocenters. The fraction of sp³-hybridized carbons (Fsp3) is 0.250. The van der Waals surface area contributed by atoms with Gasteiger partial charge in [-0.05, 0) is 36.0 Å². The van der Waals surface area contributed by atoms with Crippen LogP contribution >= 0.6 is 0 Å². The van der Waals surface area contributed by atoms with E-state index < -0.39 is 0 Å². The second kappa shape index (κ2) is 8.61. The minimum atomic E-state index is 0.197. The molecule has 0 amide bonds. The van der Waals surface area contributed by atoms with Gasteiger partial charge in [0.2, 0.25) is 5.52 Å². The highest BCUT2D eigenvalue weighted by atomic mass is 15.0. The van der Waals surface area contributed by atoms with Crippen molar-refractivity contribution in [1.82, 2.24) is 0 Å². The molecule has 0 aliphatic heterocycles. The maximum absolute atomic E-state index is 2.50. The lowest BCUT2D eigenvalue weighted by molar-refractivity contribution is -0.670. The summed E-state index contributed by atoms with van der Waals surface area (Å²) < 4.78 is 2.50. The van der Waals surface area contributed by atoms with Crippen LogP contribution in [0.5, 0.6) is 0 Å². The van der Waals surface area contributed by atoms with Gasteiger partial charge in [0, 0.05) is 29.5 Å². The van der Waals surface area contributed by atoms with Crippen molar-refractivity contribution in [2.45, 2.75) is 45.1 Å². The standard InChI is InChI=1S/C28H30N/c1-28(2,25-15-7-4-8-16-25)21-11-17-26-20-19-24-14-9-10-18-27(24)29(26)22-23-12-5-3-6-13-23/h3-10,12-16,18-20H,11,17,21-22H2,1-2H3/q+1. The summed E-state index contributed by atoms with van der Waals surface area (Å²) in [5, 5.41) is 1.30. The molecular formula is C28H30N+. The van der Waals surface area contributed by atoms with E-state index in [0.717, 1.165) is 13.0 Å². The molecule has 0 aliphatic rings. The Morgan fingerprint density at radius 3 is 2.10 bits per heavy atom. The van der Waals surface area contributed by atoms with Crippen molar-refractivity contribution in [2.24, 2.45) is 0 Å². The molecule has 0 atom stereocenters. The van der Waals surface area contributed by atoms with Gasteiger partial charge in [0.25, 0.3) is 0 Å². The molecule has 0 spiro atoms. The number of para-hydroxylation sites is 1. The molecule has 1 aromatic heterocycles. The molecule has 3 aromatic carbocycles. The van der Waals surface area contributed by atoms with E-state index >= 15 is 0 Å². The second-order valence-corrected chi connectivity index (χ2v) is 8.56. The molecule has 0 saturated carbocycles. The molecule has 1 heterocycles. The van der Waals surface area contributed by atoms with Crippen LogP contribution in [0.2, 0.25) is 0 Å². The summed E-state index contributed by atoms with van der Waals surface area (Å²) in [5.74, 6) is 0. The molecule has 0 bridgehead atoms. The molecule has 146 valence electrons. The topological polar surface area (TPSA) is 3.88 Å². The van der Waals surface area contributed by atoms with Crippen LogP contribution in [0.4, 0.5) is 0 Å². The minimum Gasteiger partial charge on any atom is -0.191 e. The van der Waals surface area contributed by atoms with Crippen LogP contribution in [-0.2, 0) is 18.4 Å². The number of hydrogen-bond acceptors (Lipinski definition) is 0. The molecule has 0 aliphatic carbocycles. The third-order valence-corrected chi connectivity index (χ3v) is 6.00. The van der Waals surface area contributed by atoms with E-state index in [0.29, 0.717) is 0 Å². The molecule has 0 N–H and O–H groups in total. The summed E-state index contributed by atoms with van der Waals surface area (Å²) in [6, 6.07) is 35.0. The van der Waals surface area contributed by atoms with E-state index in [2.05, 4.69) is 115 Å². The Bertz CT molecular complexity index is 1070. The highest BCUT2D eigenvalue weighted by molar-refractivity contribution is 5.75. The van der Waals surface area contributed by atoms with Crippen LogP contribution in [0.1, 0.15) is 43.5 Å². The van der Waals surface area contributed by atoms with Crippen LogP contribution < -0.4 is 4.57 Å². The summed E-state index contributed by atoms with van der Waals surface area (Å²) in [4.78, 5) is 0. The Hall–Kier alpha value is -2.93. The average molecular weight is 381 g/mol. The molecule has 29 heavy (non-hydrogen) atoms. The van der Waals surface area contributed by atoms with Crippen LogP contribution in [0.25, 0.3) is 10.9 Å². The van der Waals surface area contributed by atoms with Crippen LogP contribution in [0, 0.1) is 0 Å². The first-order valence-electron chi connectivity index (χ1n) is 10.6. The van der Waals surface area contributed by atoms with Gasteiger partial charge in [0.1, 0.15) is 0 Å². The van der Waals surface area contributed by atoms with Crippen molar-refractivity contribution in [2.75, 3.05) is 0 Å². The lowest BCUT2D eigenvalue weighted by atomic mass is 9.80. The van der Waals surface area contributed by atoms with Gasteiger partial charge < -0.3 is 0 Å². The van der Waals surface area contributed by atoms with Crippen molar-refractivity contribution < 1.29 is 4.57 Å². The zero-order valence-corrected chi connectivity index (χ0v) is 17.5. The number of benzene rings is 3. The van der Waals surface area contributed by atoms with Crippen molar-refractivity contribution >= 4 is 10.9 Å². The number of fused-ring (bicyclic) bond motifs is 1. The van der Waals surface area contributed by atoms with Gasteiger partial charge in [-0.15, -0.1) is 0 Å². The highest BCUT2D eigenvalue weighted by Gasteiger charge is 2.22. The van der Waals surface area contributed by atoms with Crippen LogP contribution in [-0.4, -0.2) is 0 Å². The van der Waals surface area contributed by atoms with Crippen LogP contribution in [0.3, 0.4) is 0 Å². The molecule has 0 saturated heterocycles. The van der Waals surface area contributed by atoms with E-state index in [1.165, 1.54) is 40.6 Å². The third kappa shape index (κ3) is 4.56. The van der Waals surface area contributed by atoms with Gasteiger partial charge in [-0.2, -0.15) is 4.57 Å². The SMILES string of the molecule is CC(C)(CCCc1ccc2ccccc2[n+]1Cc1ccccc1)c1ccccc1. The highest BCUT2D eigenvalue weighted by Crippen LogP contribution is 2.28. The predicted octanol–water partition coefficient (Wildman–Crippen LogP) is 6.48. The van der Waals surface area contributed by atoms with Crippen molar-refractivity contribution in [3.63, 3.8) is 0 Å². The number of rotatable bonds is 7. The molecule has 0 radical (unpaired) electrons. The Labute approximate surface area is 174 Å². The van der Waals surface area contributed by atoms with Gasteiger partial charge in [-0.1, -0.05) is 86.6 Å². The molecule has 4 rings (SSSR count). The monoisotopic (exact) mass is 380 g/mol. The Morgan fingerprint density at radius 1 is 0.690 bits per heavy atom. The van der Waals surface area contributed by atoms with Gasteiger partial charge in [-0.25, -0.2) is 0 Å². The van der Waals surface area contributed by atoms with Gasteiger partial charge >= 0.3 is 0 Å². The number of aromatic nitrogens is 1. The van der Waals surface area contributed by atoms with Crippen molar-refractivity contribution in [3.05, 3.63) is 114 Å². The maximum atomic E-state index is 2.50. The fourth-order valence-electron chi connectivity index (χ4n) is 4.22. The first kappa shape index (κ1) is 19.4. The fourth-order valence-corrected chi connectivity index (χ4v) is 4.22. The van der Waals surface area contributed by atoms with E-state index in [-0.39, 0.29) is 5.41 Å². The van der Waals surface area contributed by atoms with E-state index in [4.69, 9.17) is 0 Å². The van der Waals surface area contributed by atoms with Crippen molar-refractivity contribution in [1.29, 1.82) is 0 Å². The molecule has 1 heteroatoms. The first-order valence-corrected chi connectivity index (χ1v) is 10.6. The molecule has 0 fully saturated rings. The van der Waals surface area contributed by atoms with E-state index in [1.54, 1.807) is 0 Å². The number of aryl methyl sites for hydroxylation is 1. The molecular weight excluding hydrogens is 350 g/mol. The minimum absolute atomic E-state index is 0.197. The van der Waals surface area contributed by atoms with E-state index in [9.17, 15) is 0 Å². The number of pyridine rings is 1. The van der Waals surface area contributed by atoms with Gasteiger partial charge in [-0.3, -0.25) is 0 Å². The van der Waals surface area contributed by atoms with E-state index in [1.807, 2.05) is 0 Å². The Balaban J connectivity index is 1.57. The predicted molar refractivity (Wildman–Crippen MR) is 122 cm³/mol. The number of nitrogens with zero attached hydrogens (tertiary/aromatic N) is 1. The van der Waals surface area contributed by atoms with Crippen LogP contribution in [0.15, 0.2) is 97.1 Å². The summed E-state index contributed by atoms with van der Waals surface area (Å²) in [6.45, 7) is 5.64.